The predicted octanol–water partition coefficient (Wildman–Crippen LogP) is 0.907. The third-order valence-electron chi connectivity index (χ3n) is 1.69. The van der Waals surface area contributed by atoms with E-state index in [0.717, 1.165) is 0 Å². The van der Waals surface area contributed by atoms with Crippen molar-refractivity contribution in [1.29, 1.82) is 0 Å². The summed E-state index contributed by atoms with van der Waals surface area (Å²) >= 11 is 0. The zero-order chi connectivity index (χ0) is 12.2. The molecule has 7 heteroatoms. The van der Waals surface area contributed by atoms with Crippen LogP contribution >= 0.6 is 0 Å². The van der Waals surface area contributed by atoms with E-state index in [0.29, 0.717) is 6.42 Å². The van der Waals surface area contributed by atoms with E-state index in [4.69, 9.17) is 4.74 Å². The monoisotopic (exact) mass is 226 g/mol. The summed E-state index contributed by atoms with van der Waals surface area (Å²) in [5.74, 6) is 0. The molecule has 0 aliphatic carbocycles. The van der Waals surface area contributed by atoms with Gasteiger partial charge in [-0.05, 0) is 37.6 Å². The van der Waals surface area contributed by atoms with Gasteiger partial charge in [-0.25, -0.2) is 4.79 Å². The quantitative estimate of drug-likeness (QED) is 0.828. The predicted molar refractivity (Wildman–Crippen MR) is 55.4 cm³/mol. The lowest BCUT2D eigenvalue weighted by Crippen LogP contribution is -2.37. The normalized spacial score (nSPS) is 13.2. The molecule has 1 atom stereocenters. The van der Waals surface area contributed by atoms with Crippen LogP contribution < -0.4 is 5.32 Å². The van der Waals surface area contributed by atoms with Gasteiger partial charge in [-0.1, -0.05) is 6.92 Å². The molecular weight excluding hydrogens is 210 g/mol. The third-order valence-corrected chi connectivity index (χ3v) is 1.69. The van der Waals surface area contributed by atoms with Crippen molar-refractivity contribution in [3.05, 3.63) is 6.33 Å². The van der Waals surface area contributed by atoms with Gasteiger partial charge < -0.3 is 4.74 Å². The largest absolute Gasteiger partial charge is 0.444 e. The van der Waals surface area contributed by atoms with Crippen LogP contribution in [0.25, 0.3) is 0 Å². The fourth-order valence-electron chi connectivity index (χ4n) is 1.06. The molecular formula is C9H16N5O2. The van der Waals surface area contributed by atoms with E-state index in [2.05, 4.69) is 27.2 Å². The van der Waals surface area contributed by atoms with Crippen LogP contribution in [0.1, 0.15) is 40.3 Å². The molecule has 0 saturated carbocycles. The minimum Gasteiger partial charge on any atom is -0.444 e. The Hall–Kier alpha value is -1.66. The number of ether oxygens (including phenoxy) is 1. The number of nitrogens with one attached hydrogen (secondary N) is 1. The van der Waals surface area contributed by atoms with Crippen molar-refractivity contribution in [3.8, 4) is 0 Å². The second kappa shape index (κ2) is 4.91. The van der Waals surface area contributed by atoms with Crippen LogP contribution in [0.3, 0.4) is 0 Å². The molecule has 7 nitrogen and oxygen atoms in total. The number of amides is 1. The van der Waals surface area contributed by atoms with E-state index in [9.17, 15) is 4.79 Å². The molecule has 1 heterocycles. The fraction of sp³-hybridized carbons (Fsp3) is 0.778. The van der Waals surface area contributed by atoms with Crippen molar-refractivity contribution in [2.24, 2.45) is 0 Å². The molecule has 1 aromatic rings. The zero-order valence-electron chi connectivity index (χ0n) is 9.89. The van der Waals surface area contributed by atoms with Crippen molar-refractivity contribution in [1.82, 2.24) is 25.5 Å². The Morgan fingerprint density at radius 3 is 2.69 bits per heavy atom. The van der Waals surface area contributed by atoms with E-state index in [1.54, 1.807) is 20.8 Å². The molecule has 0 bridgehead atoms. The minimum atomic E-state index is -0.521. The molecule has 16 heavy (non-hydrogen) atoms. The average Bonchev–Trinajstić information content (AvgIpc) is 2.63. The van der Waals surface area contributed by atoms with Crippen LogP contribution in [0.15, 0.2) is 0 Å². The topological polar surface area (TPSA) is 81.9 Å². The number of hydrogen-bond donors (Lipinski definition) is 1. The first-order valence-corrected chi connectivity index (χ1v) is 5.07. The molecule has 0 saturated heterocycles. The van der Waals surface area contributed by atoms with Gasteiger partial charge in [-0.2, -0.15) is 4.68 Å². The van der Waals surface area contributed by atoms with Crippen molar-refractivity contribution in [3.63, 3.8) is 0 Å². The van der Waals surface area contributed by atoms with Gasteiger partial charge in [0.1, 0.15) is 11.8 Å². The molecule has 1 amide bonds. The number of carbonyl (C=O) groups is 1. The maximum atomic E-state index is 11.5. The van der Waals surface area contributed by atoms with Crippen molar-refractivity contribution < 1.29 is 9.53 Å². The molecule has 1 N–H and O–H groups in total. The molecule has 0 spiro atoms. The Balaban J connectivity index is 2.55. The smallest absolute Gasteiger partial charge is 0.409 e. The molecule has 1 aromatic heterocycles. The fourth-order valence-corrected chi connectivity index (χ4v) is 1.06. The summed E-state index contributed by atoms with van der Waals surface area (Å²) in [5.41, 5.74) is -0.521. The first-order valence-electron chi connectivity index (χ1n) is 5.07. The van der Waals surface area contributed by atoms with Gasteiger partial charge in [-0.15, -0.1) is 5.10 Å². The van der Waals surface area contributed by atoms with E-state index in [1.807, 2.05) is 6.92 Å². The third kappa shape index (κ3) is 3.84. The Morgan fingerprint density at radius 2 is 2.25 bits per heavy atom. The highest BCUT2D eigenvalue weighted by Crippen LogP contribution is 2.09. The molecule has 1 rings (SSSR count). The number of nitrogens with zero attached hydrogens (tertiary/aromatic N) is 4. The van der Waals surface area contributed by atoms with Gasteiger partial charge in [0, 0.05) is 0 Å². The Labute approximate surface area is 94.2 Å². The Morgan fingerprint density at radius 1 is 1.56 bits per heavy atom. The summed E-state index contributed by atoms with van der Waals surface area (Å²) in [6.45, 7) is 7.31. The van der Waals surface area contributed by atoms with Gasteiger partial charge >= 0.3 is 6.09 Å². The molecule has 0 fully saturated rings. The van der Waals surface area contributed by atoms with Gasteiger partial charge in [-0.3, -0.25) is 5.32 Å². The van der Waals surface area contributed by atoms with Crippen LogP contribution in [-0.4, -0.2) is 31.9 Å². The standard InChI is InChI=1S/C9H16N5O2/c1-5-7(14-6-10-12-13-14)11-8(15)16-9(2,3)4/h7H,5H2,1-4H3,(H,11,15). The van der Waals surface area contributed by atoms with Gasteiger partial charge in [0.25, 0.3) is 0 Å². The molecule has 1 radical (unpaired) electrons. The SMILES string of the molecule is CCC(NC(=O)OC(C)(C)C)n1[c]nnn1. The Kier molecular flexibility index (Phi) is 3.81. The lowest BCUT2D eigenvalue weighted by atomic mass is 10.2. The second-order valence-electron chi connectivity index (χ2n) is 4.29. The molecule has 0 aliphatic rings. The summed E-state index contributed by atoms with van der Waals surface area (Å²) in [5, 5.41) is 13.2. The molecule has 89 valence electrons. The van der Waals surface area contributed by atoms with E-state index >= 15 is 0 Å². The first kappa shape index (κ1) is 12.4. The van der Waals surface area contributed by atoms with Gasteiger partial charge in [0.2, 0.25) is 6.33 Å². The second-order valence-corrected chi connectivity index (χ2v) is 4.29. The number of rotatable bonds is 3. The molecule has 0 aromatic carbocycles. The number of tetrazole rings is 1. The maximum Gasteiger partial charge on any atom is 0.409 e. The van der Waals surface area contributed by atoms with Gasteiger partial charge in [0.15, 0.2) is 0 Å². The summed E-state index contributed by atoms with van der Waals surface area (Å²) in [6.07, 6.45) is 2.33. The maximum absolute atomic E-state index is 11.5. The van der Waals surface area contributed by atoms with Crippen LogP contribution in [0, 0.1) is 6.33 Å². The highest BCUT2D eigenvalue weighted by Gasteiger charge is 2.19. The highest BCUT2D eigenvalue weighted by atomic mass is 16.6. The number of alkyl carbamates (subject to hydrolysis) is 1. The van der Waals surface area contributed by atoms with E-state index in [-0.39, 0.29) is 6.17 Å². The van der Waals surface area contributed by atoms with Crippen LogP contribution in [0.4, 0.5) is 4.79 Å². The number of hydrogen-bond acceptors (Lipinski definition) is 5. The summed E-state index contributed by atoms with van der Waals surface area (Å²) in [7, 11) is 0. The lowest BCUT2D eigenvalue weighted by Gasteiger charge is -2.22. The Bertz CT molecular complexity index is 330. The highest BCUT2D eigenvalue weighted by molar-refractivity contribution is 5.67. The summed E-state index contributed by atoms with van der Waals surface area (Å²) in [4.78, 5) is 11.5. The first-order chi connectivity index (χ1) is 7.42. The summed E-state index contributed by atoms with van der Waals surface area (Å²) < 4.78 is 6.47. The van der Waals surface area contributed by atoms with Crippen molar-refractivity contribution in [2.75, 3.05) is 0 Å². The number of carbonyl (C=O) groups excluding carboxylic acids is 1. The van der Waals surface area contributed by atoms with E-state index in [1.165, 1.54) is 4.68 Å². The van der Waals surface area contributed by atoms with Crippen molar-refractivity contribution >= 4 is 6.09 Å². The minimum absolute atomic E-state index is 0.343. The molecule has 1 unspecified atom stereocenters. The van der Waals surface area contributed by atoms with E-state index < -0.39 is 11.7 Å². The van der Waals surface area contributed by atoms with Crippen LogP contribution in [0.5, 0.6) is 0 Å². The van der Waals surface area contributed by atoms with Crippen LogP contribution in [0.2, 0.25) is 0 Å². The van der Waals surface area contributed by atoms with Gasteiger partial charge in [0.05, 0.1) is 0 Å². The zero-order valence-corrected chi connectivity index (χ0v) is 9.89. The van der Waals surface area contributed by atoms with Crippen molar-refractivity contribution in [2.45, 2.75) is 45.9 Å². The number of aromatic nitrogens is 4. The molecule has 0 aliphatic heterocycles. The lowest BCUT2D eigenvalue weighted by molar-refractivity contribution is 0.0473. The average molecular weight is 226 g/mol. The summed E-state index contributed by atoms with van der Waals surface area (Å²) in [6, 6.07) is 0. The van der Waals surface area contributed by atoms with Crippen LogP contribution in [-0.2, 0) is 4.74 Å².